The summed E-state index contributed by atoms with van der Waals surface area (Å²) in [5, 5.41) is 4.49. The van der Waals surface area contributed by atoms with Crippen molar-refractivity contribution in [1.29, 1.82) is 0 Å². The molecule has 0 saturated carbocycles. The van der Waals surface area contributed by atoms with Gasteiger partial charge >= 0.3 is 0 Å². The number of fused-ring (bicyclic) bond motifs is 1. The molecule has 2 unspecified atom stereocenters. The number of rotatable bonds is 3. The summed E-state index contributed by atoms with van der Waals surface area (Å²) in [6, 6.07) is 1.98. The van der Waals surface area contributed by atoms with E-state index in [2.05, 4.69) is 10.1 Å². The molecule has 0 bridgehead atoms. The topological polar surface area (TPSA) is 59.7 Å². The largest absolute Gasteiger partial charge is 0.372 e. The van der Waals surface area contributed by atoms with Gasteiger partial charge in [0, 0.05) is 37.0 Å². The van der Waals surface area contributed by atoms with E-state index in [0.717, 1.165) is 28.3 Å². The minimum absolute atomic E-state index is 0.103. The number of ether oxygens (including phenoxy) is 1. The first-order valence-electron chi connectivity index (χ1n) is 8.61. The molecule has 1 saturated heterocycles. The zero-order chi connectivity index (χ0) is 17.4. The van der Waals surface area contributed by atoms with Crippen molar-refractivity contribution in [3.8, 4) is 0 Å². The molecule has 1 amide bonds. The van der Waals surface area contributed by atoms with E-state index < -0.39 is 0 Å². The first-order chi connectivity index (χ1) is 11.3. The molecular formula is C18H26N4O2. The Labute approximate surface area is 142 Å². The monoisotopic (exact) mass is 330 g/mol. The van der Waals surface area contributed by atoms with Gasteiger partial charge in [0.15, 0.2) is 5.65 Å². The number of aryl methyl sites for hydroxylation is 3. The quantitative estimate of drug-likeness (QED) is 0.866. The minimum Gasteiger partial charge on any atom is -0.372 e. The molecule has 1 aliphatic heterocycles. The summed E-state index contributed by atoms with van der Waals surface area (Å²) in [7, 11) is 0. The van der Waals surface area contributed by atoms with Crippen molar-refractivity contribution >= 4 is 11.6 Å². The second-order valence-corrected chi connectivity index (χ2v) is 6.87. The lowest BCUT2D eigenvalue weighted by Gasteiger charge is -2.35. The minimum atomic E-state index is 0.103. The van der Waals surface area contributed by atoms with Crippen molar-refractivity contribution in [3.05, 3.63) is 28.7 Å². The van der Waals surface area contributed by atoms with Crippen LogP contribution in [-0.4, -0.2) is 50.7 Å². The Morgan fingerprint density at radius 2 is 1.92 bits per heavy atom. The van der Waals surface area contributed by atoms with Gasteiger partial charge in [0.05, 0.1) is 17.9 Å². The molecule has 0 spiro atoms. The average molecular weight is 330 g/mol. The van der Waals surface area contributed by atoms with Crippen LogP contribution in [0.4, 0.5) is 0 Å². The van der Waals surface area contributed by atoms with Crippen molar-refractivity contribution in [2.75, 3.05) is 13.1 Å². The molecule has 2 atom stereocenters. The predicted octanol–water partition coefficient (Wildman–Crippen LogP) is 2.22. The fourth-order valence-electron chi connectivity index (χ4n) is 3.57. The van der Waals surface area contributed by atoms with E-state index in [4.69, 9.17) is 4.74 Å². The van der Waals surface area contributed by atoms with Crippen LogP contribution >= 0.6 is 0 Å². The summed E-state index contributed by atoms with van der Waals surface area (Å²) in [6.45, 7) is 11.4. The number of amides is 1. The summed E-state index contributed by atoms with van der Waals surface area (Å²) in [6.07, 6.45) is 1.39. The second kappa shape index (κ2) is 6.51. The van der Waals surface area contributed by atoms with Crippen LogP contribution in [-0.2, 0) is 16.0 Å². The maximum absolute atomic E-state index is 12.6. The first-order valence-corrected chi connectivity index (χ1v) is 8.61. The Morgan fingerprint density at radius 3 is 2.58 bits per heavy atom. The number of aromatic nitrogens is 3. The van der Waals surface area contributed by atoms with Crippen molar-refractivity contribution in [2.45, 2.75) is 59.7 Å². The van der Waals surface area contributed by atoms with E-state index in [1.807, 2.05) is 50.1 Å². The third kappa shape index (κ3) is 3.29. The molecule has 0 radical (unpaired) electrons. The molecule has 1 fully saturated rings. The lowest BCUT2D eigenvalue weighted by molar-refractivity contribution is -0.143. The summed E-state index contributed by atoms with van der Waals surface area (Å²) in [4.78, 5) is 19.1. The van der Waals surface area contributed by atoms with Gasteiger partial charge in [-0.05, 0) is 46.6 Å². The van der Waals surface area contributed by atoms with Gasteiger partial charge in [0.1, 0.15) is 0 Å². The maximum Gasteiger partial charge on any atom is 0.223 e. The van der Waals surface area contributed by atoms with Gasteiger partial charge in [0.2, 0.25) is 5.91 Å². The van der Waals surface area contributed by atoms with Crippen LogP contribution in [0.2, 0.25) is 0 Å². The molecule has 0 aromatic carbocycles. The van der Waals surface area contributed by atoms with Gasteiger partial charge in [-0.25, -0.2) is 9.50 Å². The van der Waals surface area contributed by atoms with Crippen LogP contribution in [0.3, 0.4) is 0 Å². The fraction of sp³-hybridized carbons (Fsp3) is 0.611. The van der Waals surface area contributed by atoms with Gasteiger partial charge in [-0.1, -0.05) is 0 Å². The molecule has 6 nitrogen and oxygen atoms in total. The normalized spacial score (nSPS) is 21.5. The second-order valence-electron chi connectivity index (χ2n) is 6.87. The Balaban J connectivity index is 1.74. The lowest BCUT2D eigenvalue weighted by atomic mass is 10.1. The van der Waals surface area contributed by atoms with E-state index in [9.17, 15) is 4.79 Å². The molecule has 3 heterocycles. The van der Waals surface area contributed by atoms with E-state index in [-0.39, 0.29) is 18.1 Å². The maximum atomic E-state index is 12.6. The summed E-state index contributed by atoms with van der Waals surface area (Å²) < 4.78 is 7.58. The highest BCUT2D eigenvalue weighted by Crippen LogP contribution is 2.18. The number of hydrogen-bond donors (Lipinski definition) is 0. The lowest BCUT2D eigenvalue weighted by Crippen LogP contribution is -2.48. The van der Waals surface area contributed by atoms with Crippen LogP contribution in [0, 0.1) is 20.8 Å². The SMILES string of the molecule is Cc1cc2nc(C)c(CCC(=O)N3CC(C)OC(C)C3)c(C)n2n1. The van der Waals surface area contributed by atoms with Crippen LogP contribution in [0.25, 0.3) is 5.65 Å². The number of carbonyl (C=O) groups is 1. The van der Waals surface area contributed by atoms with Gasteiger partial charge in [-0.15, -0.1) is 0 Å². The summed E-state index contributed by atoms with van der Waals surface area (Å²) in [5.41, 5.74) is 5.00. The van der Waals surface area contributed by atoms with Gasteiger partial charge < -0.3 is 9.64 Å². The molecular weight excluding hydrogens is 304 g/mol. The van der Waals surface area contributed by atoms with Gasteiger partial charge in [0.25, 0.3) is 0 Å². The Hall–Kier alpha value is -1.95. The van der Waals surface area contributed by atoms with E-state index >= 15 is 0 Å². The molecule has 24 heavy (non-hydrogen) atoms. The number of hydrogen-bond acceptors (Lipinski definition) is 4. The van der Waals surface area contributed by atoms with Crippen molar-refractivity contribution in [2.24, 2.45) is 0 Å². The summed E-state index contributed by atoms with van der Waals surface area (Å²) >= 11 is 0. The number of nitrogens with zero attached hydrogens (tertiary/aromatic N) is 4. The van der Waals surface area contributed by atoms with E-state index in [0.29, 0.717) is 25.9 Å². The van der Waals surface area contributed by atoms with Gasteiger partial charge in [-0.3, -0.25) is 4.79 Å². The molecule has 6 heteroatoms. The predicted molar refractivity (Wildman–Crippen MR) is 92.1 cm³/mol. The highest BCUT2D eigenvalue weighted by atomic mass is 16.5. The van der Waals surface area contributed by atoms with E-state index in [1.54, 1.807) is 0 Å². The molecule has 2 aromatic rings. The van der Waals surface area contributed by atoms with Crippen LogP contribution in [0.15, 0.2) is 6.07 Å². The summed E-state index contributed by atoms with van der Waals surface area (Å²) in [5.74, 6) is 0.188. The van der Waals surface area contributed by atoms with Crippen LogP contribution < -0.4 is 0 Å². The van der Waals surface area contributed by atoms with E-state index in [1.165, 1.54) is 0 Å². The fourth-order valence-corrected chi connectivity index (χ4v) is 3.57. The van der Waals surface area contributed by atoms with Gasteiger partial charge in [-0.2, -0.15) is 5.10 Å². The zero-order valence-electron chi connectivity index (χ0n) is 15.2. The zero-order valence-corrected chi connectivity index (χ0v) is 15.2. The molecule has 2 aromatic heterocycles. The standard InChI is InChI=1S/C18H26N4O2/c1-11-8-17-19-14(4)16(15(5)22(17)20-11)6-7-18(23)21-9-12(2)24-13(3)10-21/h8,12-13H,6-7,9-10H2,1-5H3. The molecule has 130 valence electrons. The first kappa shape index (κ1) is 16.9. The van der Waals surface area contributed by atoms with Crippen molar-refractivity contribution in [3.63, 3.8) is 0 Å². The Bertz CT molecular complexity index is 758. The van der Waals surface area contributed by atoms with Crippen LogP contribution in [0.5, 0.6) is 0 Å². The van der Waals surface area contributed by atoms with Crippen molar-refractivity contribution in [1.82, 2.24) is 19.5 Å². The highest BCUT2D eigenvalue weighted by Gasteiger charge is 2.25. The van der Waals surface area contributed by atoms with Crippen LogP contribution in [0.1, 0.15) is 42.9 Å². The molecule has 0 N–H and O–H groups in total. The molecule has 3 rings (SSSR count). The number of carbonyl (C=O) groups excluding carboxylic acids is 1. The molecule has 1 aliphatic rings. The smallest absolute Gasteiger partial charge is 0.223 e. The Kier molecular flexibility index (Phi) is 4.58. The molecule has 0 aliphatic carbocycles. The highest BCUT2D eigenvalue weighted by molar-refractivity contribution is 5.76. The third-order valence-corrected chi connectivity index (χ3v) is 4.65. The third-order valence-electron chi connectivity index (χ3n) is 4.65. The number of morpholine rings is 1. The van der Waals surface area contributed by atoms with Crippen molar-refractivity contribution < 1.29 is 9.53 Å². The Morgan fingerprint density at radius 1 is 1.25 bits per heavy atom. The average Bonchev–Trinajstić information content (AvgIpc) is 2.86.